The van der Waals surface area contributed by atoms with Gasteiger partial charge in [-0.15, -0.1) is 15.3 Å². The minimum absolute atomic E-state index is 0.385. The molecule has 0 bridgehead atoms. The zero-order valence-corrected chi connectivity index (χ0v) is 14.9. The normalized spacial score (nSPS) is 11.7. The number of nitrogens with zero attached hydrogens (tertiary/aromatic N) is 6. The van der Waals surface area contributed by atoms with Crippen molar-refractivity contribution in [3.05, 3.63) is 36.4 Å². The summed E-state index contributed by atoms with van der Waals surface area (Å²) >= 11 is 0. The summed E-state index contributed by atoms with van der Waals surface area (Å²) in [6.07, 6.45) is 4.20. The molecular formula is C16H23N9O. The molecule has 0 fully saturated rings. The lowest BCUT2D eigenvalue weighted by atomic mass is 10.4. The van der Waals surface area contributed by atoms with Crippen molar-refractivity contribution >= 4 is 5.96 Å². The Morgan fingerprint density at radius 3 is 3.04 bits per heavy atom. The molecule has 0 aliphatic rings. The van der Waals surface area contributed by atoms with E-state index < -0.39 is 0 Å². The minimum atomic E-state index is 0.385. The first kappa shape index (κ1) is 17.6. The van der Waals surface area contributed by atoms with Gasteiger partial charge in [-0.2, -0.15) is 0 Å². The van der Waals surface area contributed by atoms with Gasteiger partial charge in [-0.05, 0) is 19.1 Å². The van der Waals surface area contributed by atoms with E-state index in [1.165, 1.54) is 0 Å². The smallest absolute Gasteiger partial charge is 0.216 e. The lowest BCUT2D eigenvalue weighted by Crippen LogP contribution is -2.39. The van der Waals surface area contributed by atoms with E-state index in [0.717, 1.165) is 31.3 Å². The Kier molecular flexibility index (Phi) is 5.96. The SMILES string of the molecule is CCNC(=NCc1nc(-c2ccco2)n[nH]1)NCCn1cnnc1CC. The first-order valence-electron chi connectivity index (χ1n) is 8.64. The zero-order chi connectivity index (χ0) is 18.2. The van der Waals surface area contributed by atoms with Gasteiger partial charge < -0.3 is 19.6 Å². The van der Waals surface area contributed by atoms with Crippen molar-refractivity contribution in [2.75, 3.05) is 13.1 Å². The number of aromatic nitrogens is 6. The molecule has 0 saturated carbocycles. The maximum absolute atomic E-state index is 5.29. The monoisotopic (exact) mass is 357 g/mol. The van der Waals surface area contributed by atoms with Crippen LogP contribution >= 0.6 is 0 Å². The van der Waals surface area contributed by atoms with E-state index in [2.05, 4.69) is 47.9 Å². The second kappa shape index (κ2) is 8.79. The third-order valence-corrected chi connectivity index (χ3v) is 3.66. The lowest BCUT2D eigenvalue weighted by Gasteiger charge is -2.11. The number of hydrogen-bond donors (Lipinski definition) is 3. The van der Waals surface area contributed by atoms with Crippen LogP contribution in [0, 0.1) is 0 Å². The van der Waals surface area contributed by atoms with Gasteiger partial charge >= 0.3 is 0 Å². The van der Waals surface area contributed by atoms with Gasteiger partial charge in [0.15, 0.2) is 11.7 Å². The molecule has 3 rings (SSSR count). The summed E-state index contributed by atoms with van der Waals surface area (Å²) in [6, 6.07) is 3.62. The summed E-state index contributed by atoms with van der Waals surface area (Å²) in [7, 11) is 0. The molecule has 3 aromatic heterocycles. The number of aryl methyl sites for hydroxylation is 1. The first-order chi connectivity index (χ1) is 12.8. The fraction of sp³-hybridized carbons (Fsp3) is 0.438. The van der Waals surface area contributed by atoms with Gasteiger partial charge in [0, 0.05) is 26.1 Å². The van der Waals surface area contributed by atoms with Crippen molar-refractivity contribution in [2.45, 2.75) is 33.4 Å². The molecule has 10 nitrogen and oxygen atoms in total. The molecule has 3 heterocycles. The zero-order valence-electron chi connectivity index (χ0n) is 14.9. The van der Waals surface area contributed by atoms with Crippen molar-refractivity contribution in [3.63, 3.8) is 0 Å². The van der Waals surface area contributed by atoms with Crippen molar-refractivity contribution in [1.82, 2.24) is 40.6 Å². The van der Waals surface area contributed by atoms with Gasteiger partial charge in [-0.3, -0.25) is 5.10 Å². The van der Waals surface area contributed by atoms with Crippen LogP contribution in [0.2, 0.25) is 0 Å². The Bertz CT molecular complexity index is 819. The minimum Gasteiger partial charge on any atom is -0.461 e. The summed E-state index contributed by atoms with van der Waals surface area (Å²) in [5.41, 5.74) is 0. The van der Waals surface area contributed by atoms with Gasteiger partial charge in [0.1, 0.15) is 24.5 Å². The number of aliphatic imine (C=N–C) groups is 1. The van der Waals surface area contributed by atoms with Gasteiger partial charge in [0.05, 0.1) is 6.26 Å². The van der Waals surface area contributed by atoms with E-state index in [1.54, 1.807) is 18.7 Å². The number of hydrogen-bond acceptors (Lipinski definition) is 6. The molecule has 0 aliphatic heterocycles. The van der Waals surface area contributed by atoms with Gasteiger partial charge in [0.2, 0.25) is 5.82 Å². The van der Waals surface area contributed by atoms with Crippen LogP contribution in [0.15, 0.2) is 34.1 Å². The molecule has 138 valence electrons. The highest BCUT2D eigenvalue weighted by Crippen LogP contribution is 2.14. The largest absolute Gasteiger partial charge is 0.461 e. The van der Waals surface area contributed by atoms with E-state index in [9.17, 15) is 0 Å². The standard InChI is InChI=1S/C16H23N9O/c1-3-14-23-20-11-25(14)8-7-18-16(17-4-2)19-10-13-21-15(24-22-13)12-6-5-9-26-12/h5-6,9,11H,3-4,7-8,10H2,1-2H3,(H2,17,18,19)(H,21,22,24). The third kappa shape index (κ3) is 4.47. The van der Waals surface area contributed by atoms with Crippen LogP contribution in [0.3, 0.4) is 0 Å². The second-order valence-electron chi connectivity index (χ2n) is 5.50. The molecule has 0 spiro atoms. The number of furan rings is 1. The molecule has 0 aliphatic carbocycles. The molecule has 0 amide bonds. The Balaban J connectivity index is 1.55. The second-order valence-corrected chi connectivity index (χ2v) is 5.50. The van der Waals surface area contributed by atoms with Crippen LogP contribution in [0.5, 0.6) is 0 Å². The summed E-state index contributed by atoms with van der Waals surface area (Å²) < 4.78 is 7.32. The van der Waals surface area contributed by atoms with Crippen molar-refractivity contribution in [2.24, 2.45) is 4.99 Å². The van der Waals surface area contributed by atoms with Gasteiger partial charge in [0.25, 0.3) is 0 Å². The summed E-state index contributed by atoms with van der Waals surface area (Å²) in [5, 5.41) is 21.6. The molecule has 0 unspecified atom stereocenters. The number of H-pyrrole nitrogens is 1. The van der Waals surface area contributed by atoms with E-state index in [1.807, 2.05) is 17.6 Å². The molecule has 0 atom stereocenters. The van der Waals surface area contributed by atoms with Crippen molar-refractivity contribution < 1.29 is 4.42 Å². The van der Waals surface area contributed by atoms with Crippen LogP contribution in [-0.2, 0) is 19.5 Å². The maximum atomic E-state index is 5.29. The Hall–Kier alpha value is -3.17. The van der Waals surface area contributed by atoms with Gasteiger partial charge in [-0.25, -0.2) is 9.98 Å². The molecule has 0 saturated heterocycles. The Labute approximate surface area is 151 Å². The average molecular weight is 357 g/mol. The molecule has 10 heteroatoms. The third-order valence-electron chi connectivity index (χ3n) is 3.66. The van der Waals surface area contributed by atoms with Crippen LogP contribution in [-0.4, -0.2) is 49.0 Å². The lowest BCUT2D eigenvalue weighted by molar-refractivity contribution is 0.577. The number of guanidine groups is 1. The summed E-state index contributed by atoms with van der Waals surface area (Å²) in [5.74, 6) is 3.51. The fourth-order valence-corrected chi connectivity index (χ4v) is 2.41. The van der Waals surface area contributed by atoms with Crippen molar-refractivity contribution in [3.8, 4) is 11.6 Å². The van der Waals surface area contributed by atoms with Crippen LogP contribution in [0.4, 0.5) is 0 Å². The highest BCUT2D eigenvalue weighted by Gasteiger charge is 2.08. The number of rotatable bonds is 8. The number of aromatic amines is 1. The van der Waals surface area contributed by atoms with Gasteiger partial charge in [-0.1, -0.05) is 6.92 Å². The maximum Gasteiger partial charge on any atom is 0.216 e. The van der Waals surface area contributed by atoms with E-state index in [0.29, 0.717) is 30.5 Å². The topological polar surface area (TPSA) is 122 Å². The van der Waals surface area contributed by atoms with E-state index >= 15 is 0 Å². The van der Waals surface area contributed by atoms with E-state index in [-0.39, 0.29) is 0 Å². The molecule has 3 aromatic rings. The van der Waals surface area contributed by atoms with Crippen LogP contribution in [0.1, 0.15) is 25.5 Å². The molecule has 0 radical (unpaired) electrons. The fourth-order valence-electron chi connectivity index (χ4n) is 2.41. The molecule has 0 aromatic carbocycles. The molecular weight excluding hydrogens is 334 g/mol. The highest BCUT2D eigenvalue weighted by atomic mass is 16.3. The first-order valence-corrected chi connectivity index (χ1v) is 8.64. The molecule has 26 heavy (non-hydrogen) atoms. The van der Waals surface area contributed by atoms with Crippen LogP contribution in [0.25, 0.3) is 11.6 Å². The van der Waals surface area contributed by atoms with E-state index in [4.69, 9.17) is 4.42 Å². The Morgan fingerprint density at radius 2 is 2.27 bits per heavy atom. The predicted molar refractivity (Wildman–Crippen MR) is 96.3 cm³/mol. The predicted octanol–water partition coefficient (Wildman–Crippen LogP) is 0.974. The van der Waals surface area contributed by atoms with Crippen LogP contribution < -0.4 is 10.6 Å². The average Bonchev–Trinajstić information content (AvgIpc) is 3.40. The Morgan fingerprint density at radius 1 is 1.35 bits per heavy atom. The quantitative estimate of drug-likeness (QED) is 0.406. The van der Waals surface area contributed by atoms with Crippen molar-refractivity contribution in [1.29, 1.82) is 0 Å². The summed E-state index contributed by atoms with van der Waals surface area (Å²) in [4.78, 5) is 8.91. The number of nitrogens with one attached hydrogen (secondary N) is 3. The molecule has 3 N–H and O–H groups in total. The highest BCUT2D eigenvalue weighted by molar-refractivity contribution is 5.79. The summed E-state index contributed by atoms with van der Waals surface area (Å²) in [6.45, 7) is 6.72.